The second-order valence-corrected chi connectivity index (χ2v) is 2.54. The number of nitrogens with two attached hydrogens (primary N) is 1. The molecule has 6 nitrogen and oxygen atoms in total. The Hall–Kier alpha value is -2.55. The molecule has 0 saturated heterocycles. The van der Waals surface area contributed by atoms with Crippen molar-refractivity contribution in [1.82, 2.24) is 5.32 Å². The maximum absolute atomic E-state index is 11.2. The number of amides is 3. The molecule has 1 heterocycles. The van der Waals surface area contributed by atoms with Crippen LogP contribution in [0.5, 0.6) is 0 Å². The second kappa shape index (κ2) is 4.62. The Kier molecular flexibility index (Phi) is 3.24. The van der Waals surface area contributed by atoms with Crippen LogP contribution < -0.4 is 11.1 Å². The summed E-state index contributed by atoms with van der Waals surface area (Å²) in [7, 11) is 0. The smallest absolute Gasteiger partial charge is 0.319 e. The number of primary amides is 1. The molecule has 0 unspecified atom stereocenters. The summed E-state index contributed by atoms with van der Waals surface area (Å²) in [5.74, 6) is -0.841. The molecule has 1 rings (SSSR count). The molecule has 1 aromatic heterocycles. The van der Waals surface area contributed by atoms with Gasteiger partial charge in [-0.15, -0.1) is 0 Å². The molecule has 15 heavy (non-hydrogen) atoms. The predicted molar refractivity (Wildman–Crippen MR) is 50.0 cm³/mol. The van der Waals surface area contributed by atoms with Gasteiger partial charge in [0.05, 0.1) is 12.5 Å². The Morgan fingerprint density at radius 2 is 2.33 bits per heavy atom. The number of hydrogen-bond acceptors (Lipinski definition) is 4. The van der Waals surface area contributed by atoms with E-state index in [9.17, 15) is 9.59 Å². The van der Waals surface area contributed by atoms with Crippen LogP contribution >= 0.6 is 0 Å². The molecule has 0 radical (unpaired) electrons. The fraction of sp³-hybridized carbons (Fsp3) is 0. The molecule has 0 saturated carbocycles. The van der Waals surface area contributed by atoms with Crippen LogP contribution in [0.2, 0.25) is 0 Å². The number of nitrogens with one attached hydrogen (secondary N) is 1. The maximum Gasteiger partial charge on any atom is 0.319 e. The van der Waals surface area contributed by atoms with Gasteiger partial charge in [0.15, 0.2) is 0 Å². The molecule has 6 heteroatoms. The van der Waals surface area contributed by atoms with Gasteiger partial charge in [0.2, 0.25) is 0 Å². The minimum absolute atomic E-state index is 0.227. The topological polar surface area (TPSA) is 109 Å². The normalized spacial score (nSPS) is 10.5. The first-order chi connectivity index (χ1) is 7.13. The monoisotopic (exact) mass is 205 g/mol. The van der Waals surface area contributed by atoms with Crippen molar-refractivity contribution in [3.05, 3.63) is 29.7 Å². The first kappa shape index (κ1) is 10.5. The van der Waals surface area contributed by atoms with E-state index in [4.69, 9.17) is 15.4 Å². The standard InChI is InChI=1S/C9H7N3O3/c10-4-7(8(13)12-9(11)14)3-6-1-2-15-5-6/h1-3,5H,(H3,11,12,13,14)/b7-3-. The van der Waals surface area contributed by atoms with Crippen molar-refractivity contribution < 1.29 is 14.0 Å². The van der Waals surface area contributed by atoms with E-state index < -0.39 is 11.9 Å². The summed E-state index contributed by atoms with van der Waals surface area (Å²) in [6.45, 7) is 0. The van der Waals surface area contributed by atoms with Crippen molar-refractivity contribution in [1.29, 1.82) is 5.26 Å². The zero-order valence-corrected chi connectivity index (χ0v) is 7.56. The first-order valence-electron chi connectivity index (χ1n) is 3.88. The van der Waals surface area contributed by atoms with Crippen LogP contribution in [0, 0.1) is 11.3 Å². The van der Waals surface area contributed by atoms with E-state index in [2.05, 4.69) is 0 Å². The minimum Gasteiger partial charge on any atom is -0.472 e. The van der Waals surface area contributed by atoms with Gasteiger partial charge in [-0.2, -0.15) is 5.26 Å². The average molecular weight is 205 g/mol. The zero-order chi connectivity index (χ0) is 11.3. The molecule has 0 spiro atoms. The van der Waals surface area contributed by atoms with E-state index in [1.807, 2.05) is 0 Å². The van der Waals surface area contributed by atoms with Crippen molar-refractivity contribution >= 4 is 18.0 Å². The van der Waals surface area contributed by atoms with E-state index in [1.54, 1.807) is 17.5 Å². The summed E-state index contributed by atoms with van der Waals surface area (Å²) in [5, 5.41) is 10.4. The number of carbonyl (C=O) groups is 2. The summed E-state index contributed by atoms with van der Waals surface area (Å²) in [4.78, 5) is 21.5. The fourth-order valence-electron chi connectivity index (χ4n) is 0.852. The van der Waals surface area contributed by atoms with E-state index >= 15 is 0 Å². The number of nitriles is 1. The molecule has 0 aliphatic rings. The molecule has 0 aliphatic carbocycles. The molecule has 1 aromatic rings. The molecule has 3 N–H and O–H groups in total. The maximum atomic E-state index is 11.2. The van der Waals surface area contributed by atoms with Gasteiger partial charge in [-0.25, -0.2) is 4.79 Å². The van der Waals surface area contributed by atoms with E-state index in [0.717, 1.165) is 0 Å². The van der Waals surface area contributed by atoms with Crippen molar-refractivity contribution in [2.45, 2.75) is 0 Å². The van der Waals surface area contributed by atoms with Crippen molar-refractivity contribution in [2.24, 2.45) is 5.73 Å². The van der Waals surface area contributed by atoms with Gasteiger partial charge in [-0.1, -0.05) is 0 Å². The number of urea groups is 1. The summed E-state index contributed by atoms with van der Waals surface area (Å²) in [6, 6.07) is 2.20. The van der Waals surface area contributed by atoms with Crippen LogP contribution in [0.3, 0.4) is 0 Å². The number of hydrogen-bond donors (Lipinski definition) is 2. The summed E-state index contributed by atoms with van der Waals surface area (Å²) in [5.41, 5.74) is 5.05. The van der Waals surface area contributed by atoms with Crippen LogP contribution in [-0.2, 0) is 4.79 Å². The Morgan fingerprint density at radius 1 is 1.60 bits per heavy atom. The van der Waals surface area contributed by atoms with Gasteiger partial charge in [-0.3, -0.25) is 10.1 Å². The van der Waals surface area contributed by atoms with Gasteiger partial charge >= 0.3 is 6.03 Å². The van der Waals surface area contributed by atoms with Crippen molar-refractivity contribution in [3.8, 4) is 6.07 Å². The number of nitrogens with zero attached hydrogens (tertiary/aromatic N) is 1. The van der Waals surface area contributed by atoms with Gasteiger partial charge in [0.1, 0.15) is 11.6 Å². The quantitative estimate of drug-likeness (QED) is 0.537. The minimum atomic E-state index is -1.01. The highest BCUT2D eigenvalue weighted by atomic mass is 16.3. The van der Waals surface area contributed by atoms with Crippen LogP contribution in [-0.4, -0.2) is 11.9 Å². The van der Waals surface area contributed by atoms with Crippen LogP contribution in [0.25, 0.3) is 6.08 Å². The molecule has 0 aromatic carbocycles. The Balaban J connectivity index is 2.86. The summed E-state index contributed by atoms with van der Waals surface area (Å²) < 4.78 is 4.74. The molecule has 0 fully saturated rings. The van der Waals surface area contributed by atoms with Gasteiger partial charge < -0.3 is 10.2 Å². The number of furan rings is 1. The van der Waals surface area contributed by atoms with E-state index in [1.165, 1.54) is 18.6 Å². The molecular weight excluding hydrogens is 198 g/mol. The van der Waals surface area contributed by atoms with E-state index in [-0.39, 0.29) is 5.57 Å². The van der Waals surface area contributed by atoms with Gasteiger partial charge in [0.25, 0.3) is 5.91 Å². The number of rotatable bonds is 2. The zero-order valence-electron chi connectivity index (χ0n) is 7.56. The lowest BCUT2D eigenvalue weighted by atomic mass is 10.2. The third kappa shape index (κ3) is 3.00. The lowest BCUT2D eigenvalue weighted by Crippen LogP contribution is -2.35. The lowest BCUT2D eigenvalue weighted by Gasteiger charge is -1.97. The van der Waals surface area contributed by atoms with Crippen LogP contribution in [0.4, 0.5) is 4.79 Å². The van der Waals surface area contributed by atoms with Crippen molar-refractivity contribution in [2.75, 3.05) is 0 Å². The Bertz CT molecular complexity index is 440. The highest BCUT2D eigenvalue weighted by molar-refractivity contribution is 6.08. The highest BCUT2D eigenvalue weighted by Gasteiger charge is 2.10. The number of carbonyl (C=O) groups excluding carboxylic acids is 2. The van der Waals surface area contributed by atoms with Crippen LogP contribution in [0.1, 0.15) is 5.56 Å². The molecular formula is C9H7N3O3. The highest BCUT2D eigenvalue weighted by Crippen LogP contribution is 2.06. The van der Waals surface area contributed by atoms with Gasteiger partial charge in [0, 0.05) is 5.56 Å². The molecule has 76 valence electrons. The van der Waals surface area contributed by atoms with Gasteiger partial charge in [-0.05, 0) is 12.1 Å². The third-order valence-electron chi connectivity index (χ3n) is 1.46. The second-order valence-electron chi connectivity index (χ2n) is 2.54. The first-order valence-corrected chi connectivity index (χ1v) is 3.88. The Labute approximate surface area is 85.0 Å². The fourth-order valence-corrected chi connectivity index (χ4v) is 0.852. The molecule has 3 amide bonds. The summed E-state index contributed by atoms with van der Waals surface area (Å²) in [6.07, 6.45) is 4.03. The molecule has 0 bridgehead atoms. The van der Waals surface area contributed by atoms with Crippen molar-refractivity contribution in [3.63, 3.8) is 0 Å². The summed E-state index contributed by atoms with van der Waals surface area (Å²) >= 11 is 0. The average Bonchev–Trinajstić information content (AvgIpc) is 2.65. The SMILES string of the molecule is N#C/C(=C/c1ccoc1)C(=O)NC(N)=O. The Morgan fingerprint density at radius 3 is 2.80 bits per heavy atom. The van der Waals surface area contributed by atoms with Crippen LogP contribution in [0.15, 0.2) is 28.6 Å². The third-order valence-corrected chi connectivity index (χ3v) is 1.46. The van der Waals surface area contributed by atoms with E-state index in [0.29, 0.717) is 5.56 Å². The molecule has 0 aliphatic heterocycles. The predicted octanol–water partition coefficient (Wildman–Crippen LogP) is 0.381. The largest absolute Gasteiger partial charge is 0.472 e. The molecule has 0 atom stereocenters. The number of imide groups is 1. The lowest BCUT2D eigenvalue weighted by molar-refractivity contribution is -0.115.